The second kappa shape index (κ2) is 6.15. The van der Waals surface area contributed by atoms with Crippen LogP contribution in [0.25, 0.3) is 0 Å². The maximum atomic E-state index is 6.19. The van der Waals surface area contributed by atoms with Crippen molar-refractivity contribution >= 4 is 11.8 Å². The van der Waals surface area contributed by atoms with Crippen LogP contribution in [-0.2, 0) is 9.47 Å². The van der Waals surface area contributed by atoms with E-state index in [1.165, 1.54) is 50.0 Å². The molecule has 4 heteroatoms. The van der Waals surface area contributed by atoms with Crippen LogP contribution in [0.1, 0.15) is 45.4 Å². The highest BCUT2D eigenvalue weighted by Gasteiger charge is 2.51. The quantitative estimate of drug-likeness (QED) is 0.845. The predicted octanol–water partition coefficient (Wildman–Crippen LogP) is 2.84. The van der Waals surface area contributed by atoms with Gasteiger partial charge in [0, 0.05) is 25.5 Å². The lowest BCUT2D eigenvalue weighted by Crippen LogP contribution is -2.61. The van der Waals surface area contributed by atoms with Gasteiger partial charge in [0.05, 0.1) is 11.2 Å². The summed E-state index contributed by atoms with van der Waals surface area (Å²) in [6, 6.07) is 0.512. The number of methoxy groups -OCH3 is 1. The molecular weight excluding hydrogens is 270 g/mol. The first-order valence-corrected chi connectivity index (χ1v) is 9.39. The van der Waals surface area contributed by atoms with Gasteiger partial charge in [0.2, 0.25) is 0 Å². The van der Waals surface area contributed by atoms with Crippen LogP contribution in [0.15, 0.2) is 0 Å². The number of likely N-dealkylation sites (N-methyl/N-ethyl adjacent to an activating group) is 1. The molecule has 1 saturated carbocycles. The van der Waals surface area contributed by atoms with Crippen molar-refractivity contribution in [1.29, 1.82) is 0 Å². The van der Waals surface area contributed by atoms with Gasteiger partial charge in [0.15, 0.2) is 0 Å². The summed E-state index contributed by atoms with van der Waals surface area (Å²) in [4.78, 5) is 0. The Labute approximate surface area is 127 Å². The number of hydrogen-bond acceptors (Lipinski definition) is 4. The Balaban J connectivity index is 1.73. The predicted molar refractivity (Wildman–Crippen MR) is 84.4 cm³/mol. The highest BCUT2D eigenvalue weighted by Crippen LogP contribution is 2.47. The molecule has 1 spiro atoms. The molecule has 3 atom stereocenters. The first-order valence-electron chi connectivity index (χ1n) is 8.24. The third-order valence-electron chi connectivity index (χ3n) is 5.67. The maximum Gasteiger partial charge on any atom is 0.0833 e. The topological polar surface area (TPSA) is 30.5 Å². The second-order valence-corrected chi connectivity index (χ2v) is 7.85. The van der Waals surface area contributed by atoms with Gasteiger partial charge in [-0.3, -0.25) is 0 Å². The van der Waals surface area contributed by atoms with Crippen LogP contribution in [0.3, 0.4) is 0 Å². The first-order chi connectivity index (χ1) is 9.74. The van der Waals surface area contributed by atoms with E-state index in [4.69, 9.17) is 9.47 Å². The van der Waals surface area contributed by atoms with Gasteiger partial charge in [-0.25, -0.2) is 0 Å². The summed E-state index contributed by atoms with van der Waals surface area (Å²) < 4.78 is 12.2. The van der Waals surface area contributed by atoms with Gasteiger partial charge in [-0.2, -0.15) is 11.8 Å². The molecule has 1 N–H and O–H groups in total. The summed E-state index contributed by atoms with van der Waals surface area (Å²) in [6.07, 6.45) is 7.42. The van der Waals surface area contributed by atoms with Gasteiger partial charge < -0.3 is 14.8 Å². The van der Waals surface area contributed by atoms with E-state index in [0.29, 0.717) is 12.0 Å². The molecule has 3 nitrogen and oxygen atoms in total. The maximum absolute atomic E-state index is 6.19. The minimum Gasteiger partial charge on any atom is -0.377 e. The third kappa shape index (κ3) is 2.65. The molecule has 0 aromatic rings. The Morgan fingerprint density at radius 1 is 1.40 bits per heavy atom. The minimum absolute atomic E-state index is 0.102. The van der Waals surface area contributed by atoms with Gasteiger partial charge in [0.25, 0.3) is 0 Å². The van der Waals surface area contributed by atoms with Crippen LogP contribution in [0.5, 0.6) is 0 Å². The minimum atomic E-state index is 0.102. The Hall–Kier alpha value is 0.230. The fourth-order valence-corrected chi connectivity index (χ4v) is 5.76. The zero-order valence-electron chi connectivity index (χ0n) is 13.0. The lowest BCUT2D eigenvalue weighted by atomic mass is 9.67. The molecule has 2 aliphatic heterocycles. The van der Waals surface area contributed by atoms with Crippen LogP contribution in [-0.4, -0.2) is 49.0 Å². The molecule has 3 unspecified atom stereocenters. The van der Waals surface area contributed by atoms with Crippen molar-refractivity contribution in [3.05, 3.63) is 0 Å². The summed E-state index contributed by atoms with van der Waals surface area (Å²) in [6.45, 7) is 4.19. The summed E-state index contributed by atoms with van der Waals surface area (Å²) in [5, 5.41) is 3.77. The van der Waals surface area contributed by atoms with Crippen molar-refractivity contribution < 1.29 is 9.47 Å². The van der Waals surface area contributed by atoms with Crippen molar-refractivity contribution in [1.82, 2.24) is 5.32 Å². The Kier molecular flexibility index (Phi) is 4.66. The lowest BCUT2D eigenvalue weighted by Gasteiger charge is -2.52. The number of thioether (sulfide) groups is 1. The molecule has 0 aromatic heterocycles. The standard InChI is InChI=1S/C16H29NO2S/c1-3-17-14(16(18-2)6-4-7-16)13-5-9-19-15(11-13)8-10-20-12-15/h13-14,17H,3-12H2,1-2H3. The summed E-state index contributed by atoms with van der Waals surface area (Å²) in [5.74, 6) is 3.18. The van der Waals surface area contributed by atoms with E-state index < -0.39 is 0 Å². The zero-order chi connectivity index (χ0) is 14.1. The van der Waals surface area contributed by atoms with E-state index >= 15 is 0 Å². The summed E-state index contributed by atoms with van der Waals surface area (Å²) in [5.41, 5.74) is 0.283. The van der Waals surface area contributed by atoms with Crippen molar-refractivity contribution in [2.45, 2.75) is 62.7 Å². The molecule has 2 saturated heterocycles. The van der Waals surface area contributed by atoms with E-state index in [1.807, 2.05) is 7.11 Å². The van der Waals surface area contributed by atoms with Gasteiger partial charge >= 0.3 is 0 Å². The molecule has 116 valence electrons. The second-order valence-electron chi connectivity index (χ2n) is 6.74. The van der Waals surface area contributed by atoms with Crippen molar-refractivity contribution in [2.24, 2.45) is 5.92 Å². The Bertz CT molecular complexity index is 321. The first kappa shape index (κ1) is 15.1. The Morgan fingerprint density at radius 3 is 2.80 bits per heavy atom. The average Bonchev–Trinajstić information content (AvgIpc) is 2.85. The molecule has 2 heterocycles. The van der Waals surface area contributed by atoms with E-state index in [1.54, 1.807) is 0 Å². The number of hydrogen-bond donors (Lipinski definition) is 1. The smallest absolute Gasteiger partial charge is 0.0833 e. The van der Waals surface area contributed by atoms with Crippen LogP contribution in [0, 0.1) is 5.92 Å². The highest BCUT2D eigenvalue weighted by molar-refractivity contribution is 7.99. The van der Waals surface area contributed by atoms with Gasteiger partial charge in [-0.15, -0.1) is 0 Å². The van der Waals surface area contributed by atoms with Gasteiger partial charge in [-0.05, 0) is 56.7 Å². The fourth-order valence-electron chi connectivity index (χ4n) is 4.38. The molecule has 0 aromatic carbocycles. The van der Waals surface area contributed by atoms with Crippen LogP contribution in [0.2, 0.25) is 0 Å². The van der Waals surface area contributed by atoms with Gasteiger partial charge in [0.1, 0.15) is 0 Å². The van der Waals surface area contributed by atoms with Gasteiger partial charge in [-0.1, -0.05) is 6.92 Å². The molecule has 1 aliphatic carbocycles. The number of nitrogens with one attached hydrogen (secondary N) is 1. The number of ether oxygens (including phenoxy) is 2. The summed E-state index contributed by atoms with van der Waals surface area (Å²) in [7, 11) is 1.91. The fraction of sp³-hybridized carbons (Fsp3) is 1.00. The molecule has 0 bridgehead atoms. The van der Waals surface area contributed by atoms with Crippen molar-refractivity contribution in [3.63, 3.8) is 0 Å². The van der Waals surface area contributed by atoms with Crippen LogP contribution in [0.4, 0.5) is 0 Å². The zero-order valence-corrected chi connectivity index (χ0v) is 13.8. The molecule has 20 heavy (non-hydrogen) atoms. The molecular formula is C16H29NO2S. The van der Waals surface area contributed by atoms with Crippen LogP contribution < -0.4 is 5.32 Å². The number of rotatable bonds is 5. The average molecular weight is 299 g/mol. The monoisotopic (exact) mass is 299 g/mol. The van der Waals surface area contributed by atoms with E-state index in [0.717, 1.165) is 13.2 Å². The van der Waals surface area contributed by atoms with Crippen LogP contribution >= 0.6 is 11.8 Å². The molecule has 3 aliphatic rings. The largest absolute Gasteiger partial charge is 0.377 e. The molecule has 3 fully saturated rings. The summed E-state index contributed by atoms with van der Waals surface area (Å²) >= 11 is 2.06. The van der Waals surface area contributed by atoms with E-state index in [-0.39, 0.29) is 11.2 Å². The van der Waals surface area contributed by atoms with Crippen molar-refractivity contribution in [3.8, 4) is 0 Å². The van der Waals surface area contributed by atoms with E-state index in [2.05, 4.69) is 24.0 Å². The van der Waals surface area contributed by atoms with Crippen molar-refractivity contribution in [2.75, 3.05) is 31.8 Å². The molecule has 0 radical (unpaired) electrons. The SMILES string of the molecule is CCNC(C1CCOC2(CCSC2)C1)C1(OC)CCC1. The third-order valence-corrected chi connectivity index (χ3v) is 6.89. The van der Waals surface area contributed by atoms with E-state index in [9.17, 15) is 0 Å². The normalized spacial score (nSPS) is 37.8. The molecule has 0 amide bonds. The Morgan fingerprint density at radius 2 is 2.25 bits per heavy atom. The highest BCUT2D eigenvalue weighted by atomic mass is 32.2. The molecule has 3 rings (SSSR count). The lowest BCUT2D eigenvalue weighted by molar-refractivity contribution is -0.142.